The molecule has 0 fully saturated rings. The summed E-state index contributed by atoms with van der Waals surface area (Å²) in [6.07, 6.45) is -2.27. The number of rotatable bonds is 3. The molecule has 0 bridgehead atoms. The molecule has 0 atom stereocenters. The van der Waals surface area contributed by atoms with E-state index in [1.165, 1.54) is 12.3 Å². The molecule has 0 spiro atoms. The maximum absolute atomic E-state index is 12.9. The van der Waals surface area contributed by atoms with Gasteiger partial charge in [0, 0.05) is 17.4 Å². The Kier molecular flexibility index (Phi) is 3.78. The zero-order valence-corrected chi connectivity index (χ0v) is 10.1. The lowest BCUT2D eigenvalue weighted by molar-refractivity contribution is -0.139. The lowest BCUT2D eigenvalue weighted by atomic mass is 10.1. The van der Waals surface area contributed by atoms with Gasteiger partial charge in [-0.2, -0.15) is 13.2 Å². The Morgan fingerprint density at radius 1 is 1.15 bits per heavy atom. The Morgan fingerprint density at radius 2 is 1.90 bits per heavy atom. The van der Waals surface area contributed by atoms with E-state index >= 15 is 0 Å². The number of benzene rings is 1. The molecule has 0 saturated heterocycles. The van der Waals surface area contributed by atoms with E-state index in [9.17, 15) is 17.6 Å². The standard InChI is InChI=1S/C13H10F4N2O/c14-9-3-8(5-19-6-9)7-20-12-2-1-10(18)4-11(12)13(15,16)17/h1-6H,7,18H2. The first-order chi connectivity index (χ1) is 9.36. The van der Waals surface area contributed by atoms with Crippen LogP contribution in [0.1, 0.15) is 11.1 Å². The highest BCUT2D eigenvalue weighted by Gasteiger charge is 2.34. The largest absolute Gasteiger partial charge is 0.488 e. The van der Waals surface area contributed by atoms with E-state index in [2.05, 4.69) is 4.98 Å². The summed E-state index contributed by atoms with van der Waals surface area (Å²) in [5.41, 5.74) is 4.68. The van der Waals surface area contributed by atoms with E-state index in [1.54, 1.807) is 0 Å². The molecular formula is C13H10F4N2O. The van der Waals surface area contributed by atoms with Gasteiger partial charge in [-0.1, -0.05) is 0 Å². The molecule has 0 radical (unpaired) electrons. The van der Waals surface area contributed by atoms with Crippen LogP contribution in [0.15, 0.2) is 36.7 Å². The number of anilines is 1. The third-order valence-corrected chi connectivity index (χ3v) is 2.46. The summed E-state index contributed by atoms with van der Waals surface area (Å²) in [6.45, 7) is -0.224. The van der Waals surface area contributed by atoms with Crippen molar-refractivity contribution in [3.63, 3.8) is 0 Å². The molecule has 0 saturated carbocycles. The van der Waals surface area contributed by atoms with Crippen LogP contribution in [0.25, 0.3) is 0 Å². The summed E-state index contributed by atoms with van der Waals surface area (Å²) in [5, 5.41) is 0. The Labute approximate surface area is 112 Å². The molecule has 0 aliphatic heterocycles. The predicted molar refractivity (Wildman–Crippen MR) is 64.4 cm³/mol. The van der Waals surface area contributed by atoms with Gasteiger partial charge in [-0.15, -0.1) is 0 Å². The smallest absolute Gasteiger partial charge is 0.420 e. The molecule has 0 unspecified atom stereocenters. The zero-order chi connectivity index (χ0) is 14.8. The fourth-order valence-electron chi connectivity index (χ4n) is 1.59. The van der Waals surface area contributed by atoms with Gasteiger partial charge in [0.05, 0.1) is 11.8 Å². The lowest BCUT2D eigenvalue weighted by Crippen LogP contribution is -2.09. The fourth-order valence-corrected chi connectivity index (χ4v) is 1.59. The van der Waals surface area contributed by atoms with Gasteiger partial charge in [-0.3, -0.25) is 4.98 Å². The predicted octanol–water partition coefficient (Wildman–Crippen LogP) is 3.40. The summed E-state index contributed by atoms with van der Waals surface area (Å²) in [5.74, 6) is -0.949. The number of halogens is 4. The fraction of sp³-hybridized carbons (Fsp3) is 0.154. The van der Waals surface area contributed by atoms with Crippen molar-refractivity contribution in [3.05, 3.63) is 53.6 Å². The van der Waals surface area contributed by atoms with Crippen LogP contribution in [0, 0.1) is 5.82 Å². The first kappa shape index (κ1) is 14.1. The van der Waals surface area contributed by atoms with Crippen LogP contribution in [0.2, 0.25) is 0 Å². The maximum atomic E-state index is 12.9. The number of pyridine rings is 1. The molecule has 2 rings (SSSR count). The number of ether oxygens (including phenoxy) is 1. The number of aromatic nitrogens is 1. The highest BCUT2D eigenvalue weighted by molar-refractivity contribution is 5.49. The quantitative estimate of drug-likeness (QED) is 0.695. The Balaban J connectivity index is 2.21. The molecule has 3 nitrogen and oxygen atoms in total. The van der Waals surface area contributed by atoms with Crippen molar-refractivity contribution in [2.75, 3.05) is 5.73 Å². The molecule has 1 aromatic carbocycles. The van der Waals surface area contributed by atoms with E-state index < -0.39 is 17.6 Å². The monoisotopic (exact) mass is 286 g/mol. The minimum absolute atomic E-state index is 0.0166. The number of nitrogens with two attached hydrogens (primary N) is 1. The van der Waals surface area contributed by atoms with Crippen LogP contribution >= 0.6 is 0 Å². The van der Waals surface area contributed by atoms with Crippen molar-refractivity contribution < 1.29 is 22.3 Å². The topological polar surface area (TPSA) is 48.1 Å². The minimum Gasteiger partial charge on any atom is -0.488 e. The normalized spacial score (nSPS) is 11.4. The second-order valence-electron chi connectivity index (χ2n) is 4.05. The third kappa shape index (κ3) is 3.37. The molecule has 7 heteroatoms. The lowest BCUT2D eigenvalue weighted by Gasteiger charge is -2.14. The molecule has 0 amide bonds. The van der Waals surface area contributed by atoms with Crippen LogP contribution in [0.4, 0.5) is 23.2 Å². The second-order valence-corrected chi connectivity index (χ2v) is 4.05. The van der Waals surface area contributed by atoms with Gasteiger partial charge in [0.2, 0.25) is 0 Å². The molecule has 1 aromatic heterocycles. The molecule has 2 N–H and O–H groups in total. The third-order valence-electron chi connectivity index (χ3n) is 2.46. The van der Waals surface area contributed by atoms with Crippen LogP contribution in [0.3, 0.4) is 0 Å². The van der Waals surface area contributed by atoms with Crippen LogP contribution in [-0.2, 0) is 12.8 Å². The van der Waals surface area contributed by atoms with Gasteiger partial charge in [0.15, 0.2) is 0 Å². The van der Waals surface area contributed by atoms with E-state index in [0.29, 0.717) is 5.56 Å². The van der Waals surface area contributed by atoms with Gasteiger partial charge < -0.3 is 10.5 Å². The molecule has 0 aliphatic carbocycles. The van der Waals surface area contributed by atoms with Gasteiger partial charge in [0.25, 0.3) is 0 Å². The van der Waals surface area contributed by atoms with E-state index in [0.717, 1.165) is 24.4 Å². The average molecular weight is 286 g/mol. The molecule has 20 heavy (non-hydrogen) atoms. The van der Waals surface area contributed by atoms with Gasteiger partial charge >= 0.3 is 6.18 Å². The maximum Gasteiger partial charge on any atom is 0.420 e. The molecule has 106 valence electrons. The number of nitrogen functional groups attached to an aromatic ring is 1. The summed E-state index contributed by atoms with van der Waals surface area (Å²) >= 11 is 0. The van der Waals surface area contributed by atoms with Crippen molar-refractivity contribution in [3.8, 4) is 5.75 Å². The highest BCUT2D eigenvalue weighted by Crippen LogP contribution is 2.37. The van der Waals surface area contributed by atoms with Crippen LogP contribution < -0.4 is 10.5 Å². The Morgan fingerprint density at radius 3 is 2.55 bits per heavy atom. The van der Waals surface area contributed by atoms with Crippen molar-refractivity contribution in [2.45, 2.75) is 12.8 Å². The van der Waals surface area contributed by atoms with Gasteiger partial charge in [-0.05, 0) is 24.3 Å². The van der Waals surface area contributed by atoms with E-state index in [-0.39, 0.29) is 18.0 Å². The van der Waals surface area contributed by atoms with Crippen molar-refractivity contribution in [2.24, 2.45) is 0 Å². The van der Waals surface area contributed by atoms with E-state index in [4.69, 9.17) is 10.5 Å². The van der Waals surface area contributed by atoms with E-state index in [1.807, 2.05) is 0 Å². The number of hydrogen-bond donors (Lipinski definition) is 1. The van der Waals surface area contributed by atoms with Gasteiger partial charge in [0.1, 0.15) is 18.2 Å². The number of nitrogens with zero attached hydrogens (tertiary/aromatic N) is 1. The van der Waals surface area contributed by atoms with Gasteiger partial charge in [-0.25, -0.2) is 4.39 Å². The Hall–Kier alpha value is -2.31. The summed E-state index contributed by atoms with van der Waals surface area (Å²) in [7, 11) is 0. The number of alkyl halides is 3. The SMILES string of the molecule is Nc1ccc(OCc2cncc(F)c2)c(C(F)(F)F)c1. The highest BCUT2D eigenvalue weighted by atomic mass is 19.4. The average Bonchev–Trinajstić information content (AvgIpc) is 2.36. The van der Waals surface area contributed by atoms with Crippen molar-refractivity contribution >= 4 is 5.69 Å². The molecular weight excluding hydrogens is 276 g/mol. The van der Waals surface area contributed by atoms with Crippen LogP contribution in [-0.4, -0.2) is 4.98 Å². The minimum atomic E-state index is -4.58. The first-order valence-electron chi connectivity index (χ1n) is 5.55. The number of hydrogen-bond acceptors (Lipinski definition) is 3. The van der Waals surface area contributed by atoms with Crippen LogP contribution in [0.5, 0.6) is 5.75 Å². The zero-order valence-electron chi connectivity index (χ0n) is 10.1. The van der Waals surface area contributed by atoms with Crippen molar-refractivity contribution in [1.29, 1.82) is 0 Å². The van der Waals surface area contributed by atoms with Crippen molar-refractivity contribution in [1.82, 2.24) is 4.98 Å². The molecule has 0 aliphatic rings. The molecule has 1 heterocycles. The summed E-state index contributed by atoms with van der Waals surface area (Å²) in [4.78, 5) is 3.58. The second kappa shape index (κ2) is 5.36. The Bertz CT molecular complexity index is 614. The summed E-state index contributed by atoms with van der Waals surface area (Å²) < 4.78 is 56.4. The molecule has 2 aromatic rings. The first-order valence-corrected chi connectivity index (χ1v) is 5.55. The summed E-state index contributed by atoms with van der Waals surface area (Å²) in [6, 6.07) is 4.36.